The molecule has 1 unspecified atom stereocenters. The second-order valence-electron chi connectivity index (χ2n) is 6.33. The Morgan fingerprint density at radius 2 is 1.89 bits per heavy atom. The summed E-state index contributed by atoms with van der Waals surface area (Å²) < 4.78 is 10.7. The van der Waals surface area contributed by atoms with E-state index < -0.39 is 11.8 Å². The largest absolute Gasteiger partial charge is 0.497 e. The van der Waals surface area contributed by atoms with Crippen LogP contribution in [0.5, 0.6) is 5.75 Å². The minimum absolute atomic E-state index is 0.152. The third-order valence-corrected chi connectivity index (χ3v) is 4.74. The highest BCUT2D eigenvalue weighted by Crippen LogP contribution is 2.25. The summed E-state index contributed by atoms with van der Waals surface area (Å²) in [5.74, 6) is -0.195. The molecule has 144 valence electrons. The maximum absolute atomic E-state index is 11.5. The highest BCUT2D eigenvalue weighted by Gasteiger charge is 2.27. The number of benzene rings is 1. The average molecular weight is 372 g/mol. The van der Waals surface area contributed by atoms with E-state index in [1.54, 1.807) is 13.4 Å². The van der Waals surface area contributed by atoms with Gasteiger partial charge in [-0.25, -0.2) is 0 Å². The number of nitrogens with zero attached hydrogens (tertiary/aromatic N) is 2. The van der Waals surface area contributed by atoms with Gasteiger partial charge < -0.3 is 25.1 Å². The molecule has 0 spiro atoms. The first-order valence-electron chi connectivity index (χ1n) is 8.82. The molecule has 1 aliphatic rings. The van der Waals surface area contributed by atoms with Crippen LogP contribution in [0.1, 0.15) is 11.8 Å². The van der Waals surface area contributed by atoms with E-state index in [9.17, 15) is 9.59 Å². The number of nitrogens with one attached hydrogen (secondary N) is 1. The summed E-state index contributed by atoms with van der Waals surface area (Å²) in [4.78, 5) is 27.1. The van der Waals surface area contributed by atoms with Gasteiger partial charge in [0.2, 0.25) is 0 Å². The Hall–Kier alpha value is -3.00. The number of primary amides is 1. The summed E-state index contributed by atoms with van der Waals surface area (Å²) in [5.41, 5.74) is 6.16. The fraction of sp³-hybridized carbons (Fsp3) is 0.368. The van der Waals surface area contributed by atoms with Crippen LogP contribution in [0.3, 0.4) is 0 Å². The lowest BCUT2D eigenvalue weighted by atomic mass is 10.1. The molecule has 0 radical (unpaired) electrons. The normalized spacial score (nSPS) is 16.0. The van der Waals surface area contributed by atoms with Gasteiger partial charge in [0.05, 0.1) is 19.4 Å². The minimum Gasteiger partial charge on any atom is -0.497 e. The molecule has 8 nitrogen and oxygen atoms in total. The number of methoxy groups -OCH3 is 1. The fourth-order valence-corrected chi connectivity index (χ4v) is 3.25. The standard InChI is InChI=1S/C19H24N4O4/c1-26-15-6-4-14(5-7-15)22-8-10-23(11-9-22)16(17-3-2-12-27-17)13-21-19(25)18(20)24/h2-7,12,16H,8-11,13H2,1H3,(H2,20,24)(H,21,25). The lowest BCUT2D eigenvalue weighted by Crippen LogP contribution is -2.50. The van der Waals surface area contributed by atoms with Crippen LogP contribution in [0, 0.1) is 0 Å². The molecule has 1 aromatic carbocycles. The molecule has 27 heavy (non-hydrogen) atoms. The van der Waals surface area contributed by atoms with Gasteiger partial charge in [0.15, 0.2) is 0 Å². The van der Waals surface area contributed by atoms with Gasteiger partial charge in [0.1, 0.15) is 11.5 Å². The van der Waals surface area contributed by atoms with Crippen LogP contribution in [0.4, 0.5) is 5.69 Å². The lowest BCUT2D eigenvalue weighted by Gasteiger charge is -2.39. The van der Waals surface area contributed by atoms with Crippen molar-refractivity contribution in [1.29, 1.82) is 0 Å². The molecule has 1 aromatic heterocycles. The van der Waals surface area contributed by atoms with E-state index in [4.69, 9.17) is 14.9 Å². The van der Waals surface area contributed by atoms with Crippen molar-refractivity contribution < 1.29 is 18.7 Å². The number of carbonyl (C=O) groups is 2. The van der Waals surface area contributed by atoms with Crippen molar-refractivity contribution in [3.05, 3.63) is 48.4 Å². The second kappa shape index (κ2) is 8.59. The van der Waals surface area contributed by atoms with Gasteiger partial charge in [-0.1, -0.05) is 0 Å². The highest BCUT2D eigenvalue weighted by molar-refractivity contribution is 6.34. The molecule has 1 fully saturated rings. The topological polar surface area (TPSA) is 101 Å². The van der Waals surface area contributed by atoms with Crippen LogP contribution in [0.15, 0.2) is 47.1 Å². The number of rotatable bonds is 6. The molecule has 0 saturated carbocycles. The molecule has 2 aromatic rings. The predicted octanol–water partition coefficient (Wildman–Crippen LogP) is 0.753. The zero-order chi connectivity index (χ0) is 19.2. The van der Waals surface area contributed by atoms with Gasteiger partial charge >= 0.3 is 11.8 Å². The summed E-state index contributed by atoms with van der Waals surface area (Å²) in [6.45, 7) is 3.53. The number of hydrogen-bond donors (Lipinski definition) is 2. The minimum atomic E-state index is -0.988. The predicted molar refractivity (Wildman–Crippen MR) is 100 cm³/mol. The van der Waals surface area contributed by atoms with Gasteiger partial charge in [0, 0.05) is 38.4 Å². The van der Waals surface area contributed by atoms with E-state index >= 15 is 0 Å². The quantitative estimate of drug-likeness (QED) is 0.726. The van der Waals surface area contributed by atoms with E-state index in [1.807, 2.05) is 36.4 Å². The van der Waals surface area contributed by atoms with Crippen molar-refractivity contribution in [2.24, 2.45) is 5.73 Å². The molecular weight excluding hydrogens is 348 g/mol. The van der Waals surface area contributed by atoms with Crippen LogP contribution in [-0.4, -0.2) is 56.5 Å². The first-order valence-corrected chi connectivity index (χ1v) is 8.82. The number of nitrogens with two attached hydrogens (primary N) is 1. The molecule has 1 atom stereocenters. The van der Waals surface area contributed by atoms with Crippen molar-refractivity contribution >= 4 is 17.5 Å². The number of furan rings is 1. The van der Waals surface area contributed by atoms with Crippen LogP contribution in [0.2, 0.25) is 0 Å². The summed E-state index contributed by atoms with van der Waals surface area (Å²) >= 11 is 0. The molecule has 0 bridgehead atoms. The Morgan fingerprint density at radius 3 is 2.44 bits per heavy atom. The van der Waals surface area contributed by atoms with E-state index in [0.29, 0.717) is 0 Å². The summed E-state index contributed by atoms with van der Waals surface area (Å²) in [7, 11) is 1.65. The van der Waals surface area contributed by atoms with Crippen LogP contribution < -0.4 is 20.7 Å². The molecule has 1 aliphatic heterocycles. The van der Waals surface area contributed by atoms with E-state index in [1.165, 1.54) is 0 Å². The molecule has 8 heteroatoms. The zero-order valence-corrected chi connectivity index (χ0v) is 15.3. The Kier molecular flexibility index (Phi) is 5.97. The third-order valence-electron chi connectivity index (χ3n) is 4.74. The van der Waals surface area contributed by atoms with Crippen molar-refractivity contribution in [2.75, 3.05) is 44.7 Å². The second-order valence-corrected chi connectivity index (χ2v) is 6.33. The molecule has 1 saturated heterocycles. The molecular formula is C19H24N4O4. The molecule has 3 N–H and O–H groups in total. The Labute approximate surface area is 157 Å². The lowest BCUT2D eigenvalue weighted by molar-refractivity contribution is -0.137. The van der Waals surface area contributed by atoms with Crippen molar-refractivity contribution in [3.63, 3.8) is 0 Å². The zero-order valence-electron chi connectivity index (χ0n) is 15.3. The number of hydrogen-bond acceptors (Lipinski definition) is 6. The summed E-state index contributed by atoms with van der Waals surface area (Å²) in [5, 5.41) is 2.58. The van der Waals surface area contributed by atoms with Crippen molar-refractivity contribution in [2.45, 2.75) is 6.04 Å². The highest BCUT2D eigenvalue weighted by atomic mass is 16.5. The fourth-order valence-electron chi connectivity index (χ4n) is 3.25. The first-order chi connectivity index (χ1) is 13.1. The monoisotopic (exact) mass is 372 g/mol. The van der Waals surface area contributed by atoms with Crippen LogP contribution in [-0.2, 0) is 9.59 Å². The van der Waals surface area contributed by atoms with Crippen molar-refractivity contribution in [1.82, 2.24) is 10.2 Å². The third kappa shape index (κ3) is 4.59. The van der Waals surface area contributed by atoms with E-state index in [-0.39, 0.29) is 12.6 Å². The Bertz CT molecular complexity index is 753. The van der Waals surface area contributed by atoms with Crippen LogP contribution >= 0.6 is 0 Å². The first kappa shape index (κ1) is 18.8. The Balaban J connectivity index is 1.63. The molecule has 2 heterocycles. The summed E-state index contributed by atoms with van der Waals surface area (Å²) in [6, 6.07) is 11.5. The maximum Gasteiger partial charge on any atom is 0.309 e. The number of amides is 2. The van der Waals surface area contributed by atoms with Gasteiger partial charge in [-0.15, -0.1) is 0 Å². The van der Waals surface area contributed by atoms with Gasteiger partial charge in [-0.2, -0.15) is 0 Å². The molecule has 0 aliphatic carbocycles. The smallest absolute Gasteiger partial charge is 0.309 e. The van der Waals surface area contributed by atoms with E-state index in [2.05, 4.69) is 15.1 Å². The number of carbonyl (C=O) groups excluding carboxylic acids is 2. The van der Waals surface area contributed by atoms with E-state index in [0.717, 1.165) is 43.4 Å². The van der Waals surface area contributed by atoms with Crippen LogP contribution in [0.25, 0.3) is 0 Å². The summed E-state index contributed by atoms with van der Waals surface area (Å²) in [6.07, 6.45) is 1.60. The number of piperazine rings is 1. The van der Waals surface area contributed by atoms with Crippen molar-refractivity contribution in [3.8, 4) is 5.75 Å². The SMILES string of the molecule is COc1ccc(N2CCN(C(CNC(=O)C(N)=O)c3ccco3)CC2)cc1. The number of anilines is 1. The van der Waals surface area contributed by atoms with Gasteiger partial charge in [-0.05, 0) is 36.4 Å². The molecule has 3 rings (SSSR count). The maximum atomic E-state index is 11.5. The van der Waals surface area contributed by atoms with Gasteiger partial charge in [0.25, 0.3) is 0 Å². The average Bonchev–Trinajstić information content (AvgIpc) is 3.23. The molecule has 2 amide bonds. The number of ether oxygens (including phenoxy) is 1. The Morgan fingerprint density at radius 1 is 1.19 bits per heavy atom. The van der Waals surface area contributed by atoms with Gasteiger partial charge in [-0.3, -0.25) is 14.5 Å².